The molecule has 2 aliphatic rings. The molecule has 0 radical (unpaired) electrons. The number of amides is 1. The van der Waals surface area contributed by atoms with Gasteiger partial charge in [-0.2, -0.15) is 0 Å². The van der Waals surface area contributed by atoms with Crippen LogP contribution < -0.4 is 5.32 Å². The molecule has 1 aliphatic carbocycles. The van der Waals surface area contributed by atoms with E-state index < -0.39 is 18.7 Å². The molecule has 1 aliphatic heterocycles. The molecule has 3 rings (SSSR count). The number of aliphatic carboxylic acids is 1. The second kappa shape index (κ2) is 6.50. The SMILES string of the molecule is O=C(O)CO[C@@H]1COCC[C@H]1NC(=O)c1cccn1C1CC1. The fourth-order valence-corrected chi connectivity index (χ4v) is 2.72. The summed E-state index contributed by atoms with van der Waals surface area (Å²) in [5.41, 5.74) is 0.644. The topological polar surface area (TPSA) is 89.8 Å². The van der Waals surface area contributed by atoms with Crippen molar-refractivity contribution in [2.75, 3.05) is 19.8 Å². The van der Waals surface area contributed by atoms with E-state index in [4.69, 9.17) is 14.6 Å². The lowest BCUT2D eigenvalue weighted by Crippen LogP contribution is -2.50. The van der Waals surface area contributed by atoms with E-state index in [1.807, 2.05) is 16.8 Å². The fourth-order valence-electron chi connectivity index (χ4n) is 2.72. The number of hydrogen-bond donors (Lipinski definition) is 2. The van der Waals surface area contributed by atoms with Crippen molar-refractivity contribution in [3.05, 3.63) is 24.0 Å². The smallest absolute Gasteiger partial charge is 0.329 e. The van der Waals surface area contributed by atoms with Crippen LogP contribution in [0.4, 0.5) is 0 Å². The Bertz CT molecular complexity index is 552. The first-order chi connectivity index (χ1) is 10.6. The molecule has 1 aromatic rings. The molecule has 1 saturated carbocycles. The normalized spacial score (nSPS) is 24.9. The molecule has 2 atom stereocenters. The number of carboxylic acids is 1. The largest absolute Gasteiger partial charge is 0.480 e. The Kier molecular flexibility index (Phi) is 4.44. The number of nitrogens with one attached hydrogen (secondary N) is 1. The number of carboxylic acid groups (broad SMARTS) is 1. The Labute approximate surface area is 128 Å². The molecule has 0 unspecified atom stereocenters. The molecule has 120 valence electrons. The lowest BCUT2D eigenvalue weighted by molar-refractivity contribution is -0.148. The van der Waals surface area contributed by atoms with E-state index in [0.717, 1.165) is 12.8 Å². The highest BCUT2D eigenvalue weighted by Crippen LogP contribution is 2.36. The standard InChI is InChI=1S/C15H20N2O5/c18-14(19)9-22-13-8-21-7-5-11(13)16-15(20)12-2-1-6-17(12)10-3-4-10/h1-2,6,10-11,13H,3-5,7-9H2,(H,16,20)(H,18,19)/t11-,13-/m1/s1. The Hall–Kier alpha value is -1.86. The summed E-state index contributed by atoms with van der Waals surface area (Å²) in [5, 5.41) is 11.7. The summed E-state index contributed by atoms with van der Waals surface area (Å²) in [4.78, 5) is 23.1. The maximum Gasteiger partial charge on any atom is 0.329 e. The summed E-state index contributed by atoms with van der Waals surface area (Å²) in [5.74, 6) is -1.18. The number of hydrogen-bond acceptors (Lipinski definition) is 4. The van der Waals surface area contributed by atoms with Gasteiger partial charge in [0.25, 0.3) is 5.91 Å². The third-order valence-electron chi connectivity index (χ3n) is 3.99. The van der Waals surface area contributed by atoms with Gasteiger partial charge in [0.05, 0.1) is 12.6 Å². The quantitative estimate of drug-likeness (QED) is 0.812. The number of carbonyl (C=O) groups is 2. The number of ether oxygens (including phenoxy) is 2. The van der Waals surface area contributed by atoms with Gasteiger partial charge in [-0.3, -0.25) is 4.79 Å². The van der Waals surface area contributed by atoms with Crippen LogP contribution in [0.5, 0.6) is 0 Å². The third-order valence-corrected chi connectivity index (χ3v) is 3.99. The van der Waals surface area contributed by atoms with Crippen LogP contribution in [-0.2, 0) is 14.3 Å². The monoisotopic (exact) mass is 308 g/mol. The van der Waals surface area contributed by atoms with Crippen molar-refractivity contribution in [1.82, 2.24) is 9.88 Å². The molecule has 1 saturated heterocycles. The van der Waals surface area contributed by atoms with Gasteiger partial charge < -0.3 is 24.5 Å². The van der Waals surface area contributed by atoms with Gasteiger partial charge in [-0.1, -0.05) is 0 Å². The molecule has 1 aromatic heterocycles. The van der Waals surface area contributed by atoms with Crippen LogP contribution in [-0.4, -0.2) is 53.5 Å². The molecular formula is C15H20N2O5. The van der Waals surface area contributed by atoms with Crippen LogP contribution >= 0.6 is 0 Å². The van der Waals surface area contributed by atoms with E-state index in [-0.39, 0.29) is 11.9 Å². The fraction of sp³-hybridized carbons (Fsp3) is 0.600. The minimum atomic E-state index is -1.03. The van der Waals surface area contributed by atoms with Crippen LogP contribution in [0.15, 0.2) is 18.3 Å². The van der Waals surface area contributed by atoms with E-state index in [0.29, 0.717) is 31.4 Å². The predicted octanol–water partition coefficient (Wildman–Crippen LogP) is 0.812. The average Bonchev–Trinajstić information content (AvgIpc) is 3.23. The Morgan fingerprint density at radius 2 is 2.23 bits per heavy atom. The summed E-state index contributed by atoms with van der Waals surface area (Å²) in [6.07, 6.45) is 4.32. The molecule has 22 heavy (non-hydrogen) atoms. The zero-order valence-corrected chi connectivity index (χ0v) is 12.2. The average molecular weight is 308 g/mol. The van der Waals surface area contributed by atoms with Crippen LogP contribution in [0.1, 0.15) is 35.8 Å². The van der Waals surface area contributed by atoms with Crippen LogP contribution in [0.3, 0.4) is 0 Å². The molecule has 0 aromatic carbocycles. The van der Waals surface area contributed by atoms with Gasteiger partial charge in [0.15, 0.2) is 0 Å². The molecule has 0 spiro atoms. The second-order valence-corrected chi connectivity index (χ2v) is 5.72. The van der Waals surface area contributed by atoms with E-state index in [9.17, 15) is 9.59 Å². The molecule has 7 nitrogen and oxygen atoms in total. The van der Waals surface area contributed by atoms with Crippen molar-refractivity contribution < 1.29 is 24.2 Å². The van der Waals surface area contributed by atoms with Gasteiger partial charge in [-0.05, 0) is 31.4 Å². The van der Waals surface area contributed by atoms with E-state index in [2.05, 4.69) is 5.32 Å². The maximum atomic E-state index is 12.5. The van der Waals surface area contributed by atoms with Gasteiger partial charge in [0.2, 0.25) is 0 Å². The summed E-state index contributed by atoms with van der Waals surface area (Å²) in [6, 6.07) is 3.88. The molecule has 7 heteroatoms. The van der Waals surface area contributed by atoms with Crippen LogP contribution in [0, 0.1) is 0 Å². The summed E-state index contributed by atoms with van der Waals surface area (Å²) < 4.78 is 12.6. The zero-order valence-electron chi connectivity index (χ0n) is 12.2. The van der Waals surface area contributed by atoms with Gasteiger partial charge in [0.1, 0.15) is 18.4 Å². The molecular weight excluding hydrogens is 288 g/mol. The van der Waals surface area contributed by atoms with E-state index in [1.165, 1.54) is 0 Å². The summed E-state index contributed by atoms with van der Waals surface area (Å²) >= 11 is 0. The maximum absolute atomic E-state index is 12.5. The molecule has 2 fully saturated rings. The Morgan fingerprint density at radius 1 is 1.41 bits per heavy atom. The van der Waals surface area contributed by atoms with Crippen molar-refractivity contribution in [3.63, 3.8) is 0 Å². The lowest BCUT2D eigenvalue weighted by Gasteiger charge is -2.31. The highest BCUT2D eigenvalue weighted by molar-refractivity contribution is 5.93. The Morgan fingerprint density at radius 3 is 2.95 bits per heavy atom. The molecule has 0 bridgehead atoms. The van der Waals surface area contributed by atoms with Crippen LogP contribution in [0.2, 0.25) is 0 Å². The third kappa shape index (κ3) is 3.48. The minimum Gasteiger partial charge on any atom is -0.480 e. The molecule has 2 N–H and O–H groups in total. The number of rotatable bonds is 6. The first-order valence-corrected chi connectivity index (χ1v) is 7.54. The number of aromatic nitrogens is 1. The van der Waals surface area contributed by atoms with E-state index in [1.54, 1.807) is 6.07 Å². The zero-order chi connectivity index (χ0) is 15.5. The van der Waals surface area contributed by atoms with Crippen molar-refractivity contribution in [1.29, 1.82) is 0 Å². The van der Waals surface area contributed by atoms with Crippen LogP contribution in [0.25, 0.3) is 0 Å². The van der Waals surface area contributed by atoms with Crippen molar-refractivity contribution >= 4 is 11.9 Å². The lowest BCUT2D eigenvalue weighted by atomic mass is 10.1. The summed E-state index contributed by atoms with van der Waals surface area (Å²) in [7, 11) is 0. The van der Waals surface area contributed by atoms with Gasteiger partial charge in [-0.25, -0.2) is 4.79 Å². The Balaban J connectivity index is 1.63. The first kappa shape index (κ1) is 15.1. The highest BCUT2D eigenvalue weighted by atomic mass is 16.5. The van der Waals surface area contributed by atoms with Gasteiger partial charge in [-0.15, -0.1) is 0 Å². The molecule has 2 heterocycles. The van der Waals surface area contributed by atoms with Crippen molar-refractivity contribution in [3.8, 4) is 0 Å². The number of nitrogens with zero attached hydrogens (tertiary/aromatic N) is 1. The minimum absolute atomic E-state index is 0.146. The van der Waals surface area contributed by atoms with Crippen molar-refractivity contribution in [2.24, 2.45) is 0 Å². The summed E-state index contributed by atoms with van der Waals surface area (Å²) in [6.45, 7) is 0.433. The first-order valence-electron chi connectivity index (χ1n) is 7.54. The number of carbonyl (C=O) groups excluding carboxylic acids is 1. The highest BCUT2D eigenvalue weighted by Gasteiger charge is 2.31. The predicted molar refractivity (Wildman–Crippen MR) is 76.8 cm³/mol. The van der Waals surface area contributed by atoms with Gasteiger partial charge in [0, 0.05) is 18.8 Å². The van der Waals surface area contributed by atoms with Crippen molar-refractivity contribution in [2.45, 2.75) is 37.5 Å². The molecule has 1 amide bonds. The van der Waals surface area contributed by atoms with Gasteiger partial charge >= 0.3 is 5.97 Å². The van der Waals surface area contributed by atoms with E-state index >= 15 is 0 Å². The second-order valence-electron chi connectivity index (χ2n) is 5.72.